The van der Waals surface area contributed by atoms with Crippen LogP contribution in [0, 0.1) is 5.92 Å². The van der Waals surface area contributed by atoms with Crippen molar-refractivity contribution in [2.45, 2.75) is 52.0 Å². The van der Waals surface area contributed by atoms with Crippen molar-refractivity contribution in [1.82, 2.24) is 10.2 Å². The summed E-state index contributed by atoms with van der Waals surface area (Å²) >= 11 is 0. The van der Waals surface area contributed by atoms with Crippen LogP contribution in [0.25, 0.3) is 0 Å². The summed E-state index contributed by atoms with van der Waals surface area (Å²) < 4.78 is 0. The average molecular weight is 212 g/mol. The van der Waals surface area contributed by atoms with Gasteiger partial charge in [-0.15, -0.1) is 0 Å². The van der Waals surface area contributed by atoms with Crippen LogP contribution in [0.2, 0.25) is 0 Å². The summed E-state index contributed by atoms with van der Waals surface area (Å²) in [5.41, 5.74) is 0. The van der Waals surface area contributed by atoms with Gasteiger partial charge in [-0.2, -0.15) is 0 Å². The first kappa shape index (κ1) is 13.0. The normalized spacial score (nSPS) is 28.0. The Morgan fingerprint density at radius 3 is 2.33 bits per heavy atom. The Kier molecular flexibility index (Phi) is 6.26. The fraction of sp³-hybridized carbons (Fsp3) is 1.00. The molecule has 15 heavy (non-hydrogen) atoms. The topological polar surface area (TPSA) is 15.3 Å². The van der Waals surface area contributed by atoms with Gasteiger partial charge < -0.3 is 10.2 Å². The van der Waals surface area contributed by atoms with Gasteiger partial charge >= 0.3 is 0 Å². The van der Waals surface area contributed by atoms with Crippen LogP contribution in [-0.4, -0.2) is 37.6 Å². The molecule has 0 aromatic heterocycles. The lowest BCUT2D eigenvalue weighted by atomic mass is 9.94. The number of hydrogen-bond acceptors (Lipinski definition) is 2. The first-order valence-electron chi connectivity index (χ1n) is 6.71. The molecule has 2 atom stereocenters. The van der Waals surface area contributed by atoms with E-state index in [1.807, 2.05) is 0 Å². The third-order valence-corrected chi connectivity index (χ3v) is 3.92. The SMILES string of the molecule is CCN(CC)CC1CCCCCC1NC. The average Bonchev–Trinajstić information content (AvgIpc) is 2.50. The lowest BCUT2D eigenvalue weighted by Gasteiger charge is -2.30. The van der Waals surface area contributed by atoms with Crippen molar-refractivity contribution >= 4 is 0 Å². The van der Waals surface area contributed by atoms with E-state index in [0.29, 0.717) is 0 Å². The monoisotopic (exact) mass is 212 g/mol. The van der Waals surface area contributed by atoms with Crippen LogP contribution >= 0.6 is 0 Å². The molecule has 90 valence electrons. The summed E-state index contributed by atoms with van der Waals surface area (Å²) in [6.45, 7) is 8.23. The molecule has 0 heterocycles. The lowest BCUT2D eigenvalue weighted by molar-refractivity contribution is 0.212. The van der Waals surface area contributed by atoms with Crippen molar-refractivity contribution < 1.29 is 0 Å². The van der Waals surface area contributed by atoms with E-state index in [0.717, 1.165) is 12.0 Å². The highest BCUT2D eigenvalue weighted by Gasteiger charge is 2.23. The maximum atomic E-state index is 3.52. The molecule has 0 aliphatic heterocycles. The second-order valence-corrected chi connectivity index (χ2v) is 4.78. The van der Waals surface area contributed by atoms with Gasteiger partial charge in [0.1, 0.15) is 0 Å². The molecule has 1 aliphatic carbocycles. The van der Waals surface area contributed by atoms with Gasteiger partial charge in [-0.3, -0.25) is 0 Å². The van der Waals surface area contributed by atoms with E-state index in [-0.39, 0.29) is 0 Å². The van der Waals surface area contributed by atoms with E-state index in [4.69, 9.17) is 0 Å². The van der Waals surface area contributed by atoms with Crippen LogP contribution in [0.1, 0.15) is 46.0 Å². The number of rotatable bonds is 5. The van der Waals surface area contributed by atoms with Gasteiger partial charge in [0.2, 0.25) is 0 Å². The number of hydrogen-bond donors (Lipinski definition) is 1. The van der Waals surface area contributed by atoms with Crippen molar-refractivity contribution in [2.24, 2.45) is 5.92 Å². The third-order valence-electron chi connectivity index (χ3n) is 3.92. The van der Waals surface area contributed by atoms with E-state index >= 15 is 0 Å². The summed E-state index contributed by atoms with van der Waals surface area (Å²) in [4.78, 5) is 2.57. The van der Waals surface area contributed by atoms with Gasteiger partial charge in [-0.05, 0) is 38.9 Å². The quantitative estimate of drug-likeness (QED) is 0.704. The smallest absolute Gasteiger partial charge is 0.0104 e. The minimum atomic E-state index is 0.757. The Morgan fingerprint density at radius 1 is 1.07 bits per heavy atom. The highest BCUT2D eigenvalue weighted by molar-refractivity contribution is 4.80. The predicted octanol–water partition coefficient (Wildman–Crippen LogP) is 2.50. The molecule has 1 aliphatic rings. The molecular weight excluding hydrogens is 184 g/mol. The van der Waals surface area contributed by atoms with Crippen LogP contribution < -0.4 is 5.32 Å². The molecule has 0 bridgehead atoms. The Morgan fingerprint density at radius 2 is 1.73 bits per heavy atom. The molecule has 1 saturated carbocycles. The largest absolute Gasteiger partial charge is 0.317 e. The van der Waals surface area contributed by atoms with Crippen molar-refractivity contribution in [1.29, 1.82) is 0 Å². The van der Waals surface area contributed by atoms with Crippen LogP contribution in [0.4, 0.5) is 0 Å². The third kappa shape index (κ3) is 4.12. The summed E-state index contributed by atoms with van der Waals surface area (Å²) in [5.74, 6) is 0.873. The summed E-state index contributed by atoms with van der Waals surface area (Å²) in [7, 11) is 2.13. The van der Waals surface area contributed by atoms with E-state index in [1.165, 1.54) is 51.7 Å². The van der Waals surface area contributed by atoms with E-state index < -0.39 is 0 Å². The number of nitrogens with zero attached hydrogens (tertiary/aromatic N) is 1. The minimum absolute atomic E-state index is 0.757. The second-order valence-electron chi connectivity index (χ2n) is 4.78. The molecule has 0 amide bonds. The standard InChI is InChI=1S/C13H28N2/c1-4-15(5-2)11-12-9-7-6-8-10-13(12)14-3/h12-14H,4-11H2,1-3H3. The van der Waals surface area contributed by atoms with Crippen molar-refractivity contribution in [3.63, 3.8) is 0 Å². The highest BCUT2D eigenvalue weighted by Crippen LogP contribution is 2.24. The Labute approximate surface area is 95.4 Å². The second kappa shape index (κ2) is 7.24. The van der Waals surface area contributed by atoms with Gasteiger partial charge in [0, 0.05) is 12.6 Å². The zero-order chi connectivity index (χ0) is 11.1. The van der Waals surface area contributed by atoms with E-state index in [2.05, 4.69) is 31.1 Å². The summed E-state index contributed by atoms with van der Waals surface area (Å²) in [6.07, 6.45) is 7.09. The zero-order valence-corrected chi connectivity index (χ0v) is 10.8. The Balaban J connectivity index is 2.46. The van der Waals surface area contributed by atoms with Crippen molar-refractivity contribution in [3.05, 3.63) is 0 Å². The van der Waals surface area contributed by atoms with Gasteiger partial charge in [-0.25, -0.2) is 0 Å². The molecule has 0 aromatic carbocycles. The fourth-order valence-corrected chi connectivity index (χ4v) is 2.80. The molecule has 0 saturated heterocycles. The first-order chi connectivity index (χ1) is 7.31. The molecule has 2 nitrogen and oxygen atoms in total. The molecular formula is C13H28N2. The summed E-state index contributed by atoms with van der Waals surface area (Å²) in [6, 6.07) is 0.757. The van der Waals surface area contributed by atoms with Gasteiger partial charge in [0.15, 0.2) is 0 Å². The highest BCUT2D eigenvalue weighted by atomic mass is 15.1. The molecule has 0 radical (unpaired) electrons. The van der Waals surface area contributed by atoms with Gasteiger partial charge in [0.05, 0.1) is 0 Å². The van der Waals surface area contributed by atoms with E-state index in [9.17, 15) is 0 Å². The molecule has 0 aromatic rings. The maximum absolute atomic E-state index is 3.52. The molecule has 1 rings (SSSR count). The fourth-order valence-electron chi connectivity index (χ4n) is 2.80. The van der Waals surface area contributed by atoms with Crippen LogP contribution in [-0.2, 0) is 0 Å². The van der Waals surface area contributed by atoms with Crippen molar-refractivity contribution in [2.75, 3.05) is 26.7 Å². The lowest BCUT2D eigenvalue weighted by Crippen LogP contribution is -2.40. The molecule has 0 spiro atoms. The molecule has 2 heteroatoms. The maximum Gasteiger partial charge on any atom is 0.0104 e. The molecule has 1 fully saturated rings. The molecule has 1 N–H and O–H groups in total. The van der Waals surface area contributed by atoms with Gasteiger partial charge in [-0.1, -0.05) is 33.1 Å². The van der Waals surface area contributed by atoms with Crippen LogP contribution in [0.3, 0.4) is 0 Å². The minimum Gasteiger partial charge on any atom is -0.317 e. The molecule has 2 unspecified atom stereocenters. The summed E-state index contributed by atoms with van der Waals surface area (Å²) in [5, 5.41) is 3.52. The predicted molar refractivity (Wildman–Crippen MR) is 67.2 cm³/mol. The zero-order valence-electron chi connectivity index (χ0n) is 10.8. The Hall–Kier alpha value is -0.0800. The van der Waals surface area contributed by atoms with Crippen LogP contribution in [0.5, 0.6) is 0 Å². The first-order valence-corrected chi connectivity index (χ1v) is 6.71. The Bertz CT molecular complexity index is 155. The van der Waals surface area contributed by atoms with Crippen LogP contribution in [0.15, 0.2) is 0 Å². The van der Waals surface area contributed by atoms with E-state index in [1.54, 1.807) is 0 Å². The number of nitrogens with one attached hydrogen (secondary N) is 1. The van der Waals surface area contributed by atoms with Gasteiger partial charge in [0.25, 0.3) is 0 Å². The van der Waals surface area contributed by atoms with Crippen molar-refractivity contribution in [3.8, 4) is 0 Å².